The molecule has 0 atom stereocenters. The highest BCUT2D eigenvalue weighted by Gasteiger charge is 1.92. The van der Waals surface area contributed by atoms with Crippen molar-refractivity contribution in [1.82, 2.24) is 0 Å². The fraction of sp³-hybridized carbons (Fsp3) is 0.882. The summed E-state index contributed by atoms with van der Waals surface area (Å²) in [7, 11) is 0. The molecule has 104 valence electrons. The van der Waals surface area contributed by atoms with E-state index in [0.29, 0.717) is 0 Å². The van der Waals surface area contributed by atoms with Gasteiger partial charge in [-0.25, -0.2) is 0 Å². The minimum absolute atomic E-state index is 0. The topological polar surface area (TPSA) is 0 Å². The Hall–Kier alpha value is -0.260. The van der Waals surface area contributed by atoms with Crippen LogP contribution in [0, 0.1) is 0 Å². The molecule has 0 saturated carbocycles. The second-order valence-corrected chi connectivity index (χ2v) is 4.97. The van der Waals surface area contributed by atoms with Crippen molar-refractivity contribution in [1.29, 1.82) is 0 Å². The van der Waals surface area contributed by atoms with Gasteiger partial charge in [0.2, 0.25) is 0 Å². The molecule has 0 aliphatic rings. The number of hydrogen-bond acceptors (Lipinski definition) is 0. The highest BCUT2D eigenvalue weighted by atomic mass is 14.0. The van der Waals surface area contributed by atoms with E-state index in [0.717, 1.165) is 0 Å². The highest BCUT2D eigenvalue weighted by molar-refractivity contribution is 4.65. The van der Waals surface area contributed by atoms with Gasteiger partial charge in [0.25, 0.3) is 0 Å². The Morgan fingerprint density at radius 3 is 1.35 bits per heavy atom. The molecule has 0 spiro atoms. The van der Waals surface area contributed by atoms with Gasteiger partial charge in [0.1, 0.15) is 0 Å². The highest BCUT2D eigenvalue weighted by Crippen LogP contribution is 2.12. The van der Waals surface area contributed by atoms with Gasteiger partial charge in [0, 0.05) is 0 Å². The molecule has 0 heterocycles. The first-order valence-electron chi connectivity index (χ1n) is 7.52. The molecule has 0 rings (SSSR count). The number of hydrogen-bond donors (Lipinski definition) is 0. The zero-order valence-corrected chi connectivity index (χ0v) is 11.5. The Morgan fingerprint density at radius 1 is 0.647 bits per heavy atom. The van der Waals surface area contributed by atoms with Crippen LogP contribution in [0.5, 0.6) is 0 Å². The molecular formula is C17H36. The van der Waals surface area contributed by atoms with Crippen LogP contribution in [0.1, 0.15) is 97.8 Å². The standard InChI is InChI=1S/C16H32.CH4/c1-3-5-7-9-11-13-15-16-14-12-10-8-6-4-2;/h3H,1,4-16H2,2H3;1H4. The molecule has 0 unspecified atom stereocenters. The number of rotatable bonds is 13. The normalized spacial score (nSPS) is 9.94. The van der Waals surface area contributed by atoms with E-state index in [4.69, 9.17) is 0 Å². The monoisotopic (exact) mass is 240 g/mol. The van der Waals surface area contributed by atoms with Crippen molar-refractivity contribution < 1.29 is 0 Å². The van der Waals surface area contributed by atoms with Crippen molar-refractivity contribution in [2.45, 2.75) is 97.8 Å². The Bertz CT molecular complexity index is 126. The Kier molecular flexibility index (Phi) is 20.3. The smallest absolute Gasteiger partial charge is 0.0353 e. The predicted octanol–water partition coefficient (Wildman–Crippen LogP) is 6.90. The maximum absolute atomic E-state index is 3.75. The zero-order chi connectivity index (χ0) is 11.9. The lowest BCUT2D eigenvalue weighted by molar-refractivity contribution is 0.545. The van der Waals surface area contributed by atoms with Crippen LogP contribution in [-0.4, -0.2) is 0 Å². The van der Waals surface area contributed by atoms with Gasteiger partial charge in [0.05, 0.1) is 0 Å². The first kappa shape index (κ1) is 19.1. The van der Waals surface area contributed by atoms with E-state index in [1.807, 2.05) is 6.08 Å². The minimum Gasteiger partial charge on any atom is -0.103 e. The minimum atomic E-state index is 0. The second-order valence-electron chi connectivity index (χ2n) is 4.97. The van der Waals surface area contributed by atoms with Gasteiger partial charge in [-0.2, -0.15) is 0 Å². The van der Waals surface area contributed by atoms with E-state index >= 15 is 0 Å². The summed E-state index contributed by atoms with van der Waals surface area (Å²) in [5.74, 6) is 0. The van der Waals surface area contributed by atoms with Crippen molar-refractivity contribution in [3.63, 3.8) is 0 Å². The Balaban J connectivity index is 0. The second kappa shape index (κ2) is 18.1. The summed E-state index contributed by atoms with van der Waals surface area (Å²) in [6.07, 6.45) is 20.5. The summed E-state index contributed by atoms with van der Waals surface area (Å²) in [6.45, 7) is 6.03. The summed E-state index contributed by atoms with van der Waals surface area (Å²) >= 11 is 0. The fourth-order valence-electron chi connectivity index (χ4n) is 2.13. The molecule has 0 aromatic carbocycles. The largest absolute Gasteiger partial charge is 0.103 e. The van der Waals surface area contributed by atoms with Crippen molar-refractivity contribution in [3.05, 3.63) is 12.7 Å². The van der Waals surface area contributed by atoms with Crippen LogP contribution in [0.3, 0.4) is 0 Å². The molecule has 0 aromatic heterocycles. The molecule has 0 N–H and O–H groups in total. The zero-order valence-electron chi connectivity index (χ0n) is 11.5. The molecule has 0 aliphatic carbocycles. The van der Waals surface area contributed by atoms with Gasteiger partial charge < -0.3 is 0 Å². The first-order valence-corrected chi connectivity index (χ1v) is 7.52. The van der Waals surface area contributed by atoms with E-state index in [1.165, 1.54) is 83.5 Å². The van der Waals surface area contributed by atoms with Crippen LogP contribution in [0.25, 0.3) is 0 Å². The van der Waals surface area contributed by atoms with Crippen LogP contribution in [0.2, 0.25) is 0 Å². The molecular weight excluding hydrogens is 204 g/mol. The van der Waals surface area contributed by atoms with Gasteiger partial charge >= 0.3 is 0 Å². The third-order valence-corrected chi connectivity index (χ3v) is 3.26. The molecule has 0 amide bonds. The lowest BCUT2D eigenvalue weighted by atomic mass is 10.0. The lowest BCUT2D eigenvalue weighted by Crippen LogP contribution is -1.82. The fourth-order valence-corrected chi connectivity index (χ4v) is 2.13. The van der Waals surface area contributed by atoms with E-state index < -0.39 is 0 Å². The van der Waals surface area contributed by atoms with Crippen LogP contribution in [0.15, 0.2) is 12.7 Å². The average molecular weight is 240 g/mol. The maximum Gasteiger partial charge on any atom is -0.0353 e. The van der Waals surface area contributed by atoms with E-state index in [-0.39, 0.29) is 7.43 Å². The van der Waals surface area contributed by atoms with Crippen molar-refractivity contribution >= 4 is 0 Å². The van der Waals surface area contributed by atoms with E-state index in [1.54, 1.807) is 0 Å². The third kappa shape index (κ3) is 18.3. The molecule has 0 bridgehead atoms. The quantitative estimate of drug-likeness (QED) is 0.242. The number of unbranched alkanes of at least 4 members (excludes halogenated alkanes) is 12. The van der Waals surface area contributed by atoms with Gasteiger partial charge in [-0.3, -0.25) is 0 Å². The third-order valence-electron chi connectivity index (χ3n) is 3.26. The molecule has 0 heteroatoms. The summed E-state index contributed by atoms with van der Waals surface area (Å²) in [4.78, 5) is 0. The summed E-state index contributed by atoms with van der Waals surface area (Å²) < 4.78 is 0. The molecule has 0 aliphatic heterocycles. The van der Waals surface area contributed by atoms with E-state index in [9.17, 15) is 0 Å². The molecule has 0 radical (unpaired) electrons. The van der Waals surface area contributed by atoms with Gasteiger partial charge in [0.15, 0.2) is 0 Å². The molecule has 0 nitrogen and oxygen atoms in total. The van der Waals surface area contributed by atoms with Crippen LogP contribution < -0.4 is 0 Å². The molecule has 0 saturated heterocycles. The van der Waals surface area contributed by atoms with E-state index in [2.05, 4.69) is 13.5 Å². The van der Waals surface area contributed by atoms with Gasteiger partial charge in [-0.15, -0.1) is 6.58 Å². The lowest BCUT2D eigenvalue weighted by Gasteiger charge is -2.02. The number of allylic oxidation sites excluding steroid dienone is 1. The molecule has 17 heavy (non-hydrogen) atoms. The first-order chi connectivity index (χ1) is 7.91. The Morgan fingerprint density at radius 2 is 1.00 bits per heavy atom. The van der Waals surface area contributed by atoms with Crippen molar-refractivity contribution in [3.8, 4) is 0 Å². The predicted molar refractivity (Wildman–Crippen MR) is 82.6 cm³/mol. The Labute approximate surface area is 111 Å². The average Bonchev–Trinajstić information content (AvgIpc) is 2.31. The van der Waals surface area contributed by atoms with Crippen LogP contribution in [-0.2, 0) is 0 Å². The van der Waals surface area contributed by atoms with Crippen LogP contribution in [0.4, 0.5) is 0 Å². The summed E-state index contributed by atoms with van der Waals surface area (Å²) in [6, 6.07) is 0. The molecule has 0 fully saturated rings. The summed E-state index contributed by atoms with van der Waals surface area (Å²) in [5, 5.41) is 0. The summed E-state index contributed by atoms with van der Waals surface area (Å²) in [5.41, 5.74) is 0. The SMILES string of the molecule is C.C=CCCCCCCCCCCCCCC. The van der Waals surface area contributed by atoms with Gasteiger partial charge in [-0.05, 0) is 12.8 Å². The van der Waals surface area contributed by atoms with Crippen molar-refractivity contribution in [2.75, 3.05) is 0 Å². The van der Waals surface area contributed by atoms with Crippen LogP contribution >= 0.6 is 0 Å². The molecule has 0 aromatic rings. The maximum atomic E-state index is 3.75. The van der Waals surface area contributed by atoms with Gasteiger partial charge in [-0.1, -0.05) is 91.1 Å². The van der Waals surface area contributed by atoms with Crippen molar-refractivity contribution in [2.24, 2.45) is 0 Å².